The van der Waals surface area contributed by atoms with Gasteiger partial charge in [0, 0.05) is 49.8 Å². The van der Waals surface area contributed by atoms with Crippen molar-refractivity contribution in [3.8, 4) is 5.75 Å². The Hall–Kier alpha value is -0.340. The van der Waals surface area contributed by atoms with Crippen molar-refractivity contribution in [3.63, 3.8) is 0 Å². The first-order valence-electron chi connectivity index (χ1n) is 12.4. The summed E-state index contributed by atoms with van der Waals surface area (Å²) in [5.74, 6) is 2.92. The summed E-state index contributed by atoms with van der Waals surface area (Å²) in [4.78, 5) is 0. The second-order valence-corrected chi connectivity index (χ2v) is 11.1. The maximum absolute atomic E-state index is 6.42. The number of hydrogen-bond acceptors (Lipinski definition) is 2. The predicted octanol–water partition coefficient (Wildman–Crippen LogP) is 9.21. The van der Waals surface area contributed by atoms with E-state index in [2.05, 4.69) is 93.5 Å². The summed E-state index contributed by atoms with van der Waals surface area (Å²) in [5.41, 5.74) is 6.79. The fourth-order valence-electron chi connectivity index (χ4n) is 9.04. The van der Waals surface area contributed by atoms with Crippen LogP contribution in [0.1, 0.15) is 87.0 Å². The number of ether oxygens (including phenoxy) is 2. The number of aryl methyl sites for hydroxylation is 2. The average molecular weight is 686 g/mol. The monoisotopic (exact) mass is 686 g/mol. The normalized spacial score (nSPS) is 36.8. The van der Waals surface area contributed by atoms with Crippen LogP contribution in [0.5, 0.6) is 5.75 Å². The Morgan fingerprint density at radius 1 is 0.941 bits per heavy atom. The van der Waals surface area contributed by atoms with E-state index in [0.29, 0.717) is 17.3 Å². The SMILES string of the molecule is C.COc1ccc2c(c1)CCC1C2[C@@H](c2ccc(C)cc2)C[C@]2(C)C3(OC)CCC12CC3.II. The van der Waals surface area contributed by atoms with E-state index in [1.807, 2.05) is 7.11 Å². The molecule has 2 unspecified atom stereocenters. The van der Waals surface area contributed by atoms with Gasteiger partial charge in [0.05, 0.1) is 12.7 Å². The molecule has 4 aliphatic carbocycles. The first kappa shape index (κ1) is 26.7. The maximum Gasteiger partial charge on any atom is 0.119 e. The van der Waals surface area contributed by atoms with E-state index in [1.54, 1.807) is 12.7 Å². The second-order valence-electron chi connectivity index (χ2n) is 11.1. The van der Waals surface area contributed by atoms with Crippen molar-refractivity contribution in [2.75, 3.05) is 14.2 Å². The molecule has 0 spiro atoms. The fraction of sp³-hybridized carbons (Fsp3) is 0.600. The third kappa shape index (κ3) is 3.54. The topological polar surface area (TPSA) is 18.5 Å². The number of methoxy groups -OCH3 is 2. The average Bonchev–Trinajstić information content (AvgIpc) is 3.27. The van der Waals surface area contributed by atoms with Crippen LogP contribution in [0.3, 0.4) is 0 Å². The molecule has 0 aliphatic heterocycles. The lowest BCUT2D eigenvalue weighted by Gasteiger charge is -2.60. The van der Waals surface area contributed by atoms with Crippen molar-refractivity contribution >= 4 is 37.2 Å². The van der Waals surface area contributed by atoms with Gasteiger partial charge in [-0.2, -0.15) is 0 Å². The molecule has 0 radical (unpaired) electrons. The zero-order valence-electron chi connectivity index (χ0n) is 20.3. The lowest BCUT2D eigenvalue weighted by molar-refractivity contribution is -0.126. The van der Waals surface area contributed by atoms with Crippen LogP contribution in [0.25, 0.3) is 0 Å². The van der Waals surface area contributed by atoms with E-state index in [4.69, 9.17) is 9.47 Å². The number of rotatable bonds is 3. The van der Waals surface area contributed by atoms with Crippen molar-refractivity contribution in [2.45, 2.75) is 83.7 Å². The molecule has 4 atom stereocenters. The molecule has 0 aromatic heterocycles. The summed E-state index contributed by atoms with van der Waals surface area (Å²) in [6, 6.07) is 16.3. The molecule has 2 nitrogen and oxygen atoms in total. The molecule has 2 aromatic carbocycles. The molecular formula is C30H40I2O2. The molecule has 3 fully saturated rings. The Bertz CT molecular complexity index is 1010. The third-order valence-electron chi connectivity index (χ3n) is 10.6. The van der Waals surface area contributed by atoms with E-state index in [1.165, 1.54) is 61.6 Å². The van der Waals surface area contributed by atoms with Gasteiger partial charge in [0.15, 0.2) is 0 Å². The smallest absolute Gasteiger partial charge is 0.119 e. The third-order valence-corrected chi connectivity index (χ3v) is 10.6. The molecule has 4 heteroatoms. The van der Waals surface area contributed by atoms with Gasteiger partial charge in [-0.3, -0.25) is 0 Å². The van der Waals surface area contributed by atoms with Gasteiger partial charge in [0.1, 0.15) is 5.75 Å². The summed E-state index contributed by atoms with van der Waals surface area (Å²) < 4.78 is 12.0. The molecule has 2 aromatic rings. The molecule has 0 N–H and O–H groups in total. The summed E-state index contributed by atoms with van der Waals surface area (Å²) in [6.07, 6.45) is 8.94. The Balaban J connectivity index is 0.000000890. The van der Waals surface area contributed by atoms with E-state index in [0.717, 1.165) is 11.7 Å². The molecule has 6 rings (SSSR count). The van der Waals surface area contributed by atoms with Crippen molar-refractivity contribution in [3.05, 3.63) is 64.7 Å². The Morgan fingerprint density at radius 3 is 2.24 bits per heavy atom. The second kappa shape index (κ2) is 9.85. The molecule has 0 saturated heterocycles. The fourth-order valence-corrected chi connectivity index (χ4v) is 9.04. The highest BCUT2D eigenvalue weighted by Crippen LogP contribution is 2.80. The van der Waals surface area contributed by atoms with Crippen LogP contribution in [-0.4, -0.2) is 19.8 Å². The minimum atomic E-state index is 0. The number of hydrogen-bond donors (Lipinski definition) is 0. The maximum atomic E-state index is 6.42. The van der Waals surface area contributed by atoms with Gasteiger partial charge in [-0.05, 0) is 104 Å². The highest BCUT2D eigenvalue weighted by Gasteiger charge is 2.75. The first-order chi connectivity index (χ1) is 16.0. The van der Waals surface area contributed by atoms with Crippen molar-refractivity contribution < 1.29 is 9.47 Å². The lowest BCUT2D eigenvalue weighted by Crippen LogP contribution is -2.54. The molecule has 0 amide bonds. The summed E-state index contributed by atoms with van der Waals surface area (Å²) in [6.45, 7) is 4.81. The van der Waals surface area contributed by atoms with E-state index in [-0.39, 0.29) is 18.4 Å². The molecule has 3 saturated carbocycles. The Kier molecular flexibility index (Phi) is 7.74. The van der Waals surface area contributed by atoms with Crippen LogP contribution < -0.4 is 4.74 Å². The summed E-state index contributed by atoms with van der Waals surface area (Å²) >= 11 is 4.24. The minimum absolute atomic E-state index is 0. The molecule has 186 valence electrons. The summed E-state index contributed by atoms with van der Waals surface area (Å²) in [5, 5.41) is 0. The van der Waals surface area contributed by atoms with Crippen LogP contribution >= 0.6 is 37.2 Å². The van der Waals surface area contributed by atoms with Crippen molar-refractivity contribution in [1.29, 1.82) is 0 Å². The molecule has 2 bridgehead atoms. The van der Waals surface area contributed by atoms with Gasteiger partial charge in [-0.25, -0.2) is 0 Å². The van der Waals surface area contributed by atoms with Crippen molar-refractivity contribution in [2.24, 2.45) is 16.7 Å². The number of fused-ring (bicyclic) bond motifs is 3. The minimum Gasteiger partial charge on any atom is -0.497 e. The molecule has 34 heavy (non-hydrogen) atoms. The van der Waals surface area contributed by atoms with Gasteiger partial charge < -0.3 is 9.47 Å². The van der Waals surface area contributed by atoms with Gasteiger partial charge >= 0.3 is 0 Å². The van der Waals surface area contributed by atoms with E-state index in [9.17, 15) is 0 Å². The van der Waals surface area contributed by atoms with Crippen LogP contribution in [-0.2, 0) is 11.2 Å². The first-order valence-corrected chi connectivity index (χ1v) is 18.7. The lowest BCUT2D eigenvalue weighted by atomic mass is 9.44. The van der Waals surface area contributed by atoms with Crippen LogP contribution in [0.4, 0.5) is 0 Å². The van der Waals surface area contributed by atoms with Crippen molar-refractivity contribution in [1.82, 2.24) is 0 Å². The van der Waals surface area contributed by atoms with E-state index >= 15 is 0 Å². The standard InChI is InChI=1S/C29H36O2.CH4.I2/c1-19-5-7-20(8-6-19)24-18-27(2)28(13-15-29(27,31-4)16-14-28)25-12-9-21-17-22(30-3)10-11-23(21)26(24)25;;1-2/h5-8,10-11,17,24-26H,9,12-16,18H2,1-4H3;1H4;/t24-,25?,26?,27+,28?,29?;;/m1../s1. The Labute approximate surface area is 230 Å². The highest BCUT2D eigenvalue weighted by atomic mass is 128. The van der Waals surface area contributed by atoms with Gasteiger partial charge in [0.2, 0.25) is 0 Å². The highest BCUT2D eigenvalue weighted by molar-refractivity contribution is 15.0. The van der Waals surface area contributed by atoms with Crippen LogP contribution in [0, 0.1) is 23.7 Å². The van der Waals surface area contributed by atoms with Gasteiger partial charge in [-0.15, -0.1) is 0 Å². The zero-order chi connectivity index (χ0) is 23.4. The molecule has 4 aliphatic rings. The predicted molar refractivity (Wildman–Crippen MR) is 160 cm³/mol. The van der Waals surface area contributed by atoms with Crippen LogP contribution in [0.2, 0.25) is 0 Å². The molecule has 0 heterocycles. The number of benzene rings is 2. The Morgan fingerprint density at radius 2 is 1.62 bits per heavy atom. The quantitative estimate of drug-likeness (QED) is 0.300. The zero-order valence-corrected chi connectivity index (χ0v) is 24.6. The van der Waals surface area contributed by atoms with Gasteiger partial charge in [-0.1, -0.05) is 50.2 Å². The molecular weight excluding hydrogens is 646 g/mol. The number of halogens is 2. The van der Waals surface area contributed by atoms with Crippen LogP contribution in [0.15, 0.2) is 42.5 Å². The largest absolute Gasteiger partial charge is 0.497 e. The van der Waals surface area contributed by atoms with Gasteiger partial charge in [0.25, 0.3) is 0 Å². The van der Waals surface area contributed by atoms with E-state index < -0.39 is 0 Å². The summed E-state index contributed by atoms with van der Waals surface area (Å²) in [7, 11) is 3.77.